The second-order valence-electron chi connectivity index (χ2n) is 3.95. The van der Waals surface area contributed by atoms with Crippen molar-refractivity contribution in [2.24, 2.45) is 5.92 Å². The Kier molecular flexibility index (Phi) is 5.21. The average molecular weight is 278 g/mol. The summed E-state index contributed by atoms with van der Waals surface area (Å²) in [6.45, 7) is 4.57. The van der Waals surface area contributed by atoms with Gasteiger partial charge in [-0.25, -0.2) is 13.4 Å². The minimum absolute atomic E-state index is 0.0745. The monoisotopic (exact) mass is 277 g/mol. The number of hydrogen-bond acceptors (Lipinski definition) is 4. The molecule has 1 atom stereocenters. The molecular formula is C11H16ClNO3S. The predicted octanol–water partition coefficient (Wildman–Crippen LogP) is 2.82. The van der Waals surface area contributed by atoms with Gasteiger partial charge in [0.1, 0.15) is 4.90 Å². The van der Waals surface area contributed by atoms with Crippen molar-refractivity contribution in [1.29, 1.82) is 0 Å². The van der Waals surface area contributed by atoms with Crippen LogP contribution in [0.5, 0.6) is 5.88 Å². The van der Waals surface area contributed by atoms with Gasteiger partial charge in [-0.05, 0) is 24.5 Å². The lowest BCUT2D eigenvalue weighted by Gasteiger charge is -2.12. The van der Waals surface area contributed by atoms with E-state index in [2.05, 4.69) is 11.9 Å². The first-order chi connectivity index (χ1) is 7.95. The Morgan fingerprint density at radius 3 is 2.82 bits per heavy atom. The summed E-state index contributed by atoms with van der Waals surface area (Å²) in [4.78, 5) is 3.81. The van der Waals surface area contributed by atoms with Crippen LogP contribution in [0.25, 0.3) is 0 Å². The molecule has 0 aliphatic rings. The highest BCUT2D eigenvalue weighted by Gasteiger charge is 2.18. The van der Waals surface area contributed by atoms with Gasteiger partial charge >= 0.3 is 0 Å². The molecule has 0 fully saturated rings. The number of halogens is 1. The lowest BCUT2D eigenvalue weighted by atomic mass is 10.1. The van der Waals surface area contributed by atoms with Gasteiger partial charge in [-0.3, -0.25) is 0 Å². The largest absolute Gasteiger partial charge is 0.476 e. The van der Waals surface area contributed by atoms with Gasteiger partial charge in [-0.2, -0.15) is 0 Å². The van der Waals surface area contributed by atoms with Crippen molar-refractivity contribution in [3.63, 3.8) is 0 Å². The van der Waals surface area contributed by atoms with Crippen molar-refractivity contribution in [3.05, 3.63) is 18.3 Å². The van der Waals surface area contributed by atoms with E-state index >= 15 is 0 Å². The summed E-state index contributed by atoms with van der Waals surface area (Å²) in [7, 11) is 1.48. The highest BCUT2D eigenvalue weighted by Crippen LogP contribution is 2.24. The molecule has 0 amide bonds. The summed E-state index contributed by atoms with van der Waals surface area (Å²) in [6, 6.07) is 2.90. The molecule has 0 spiro atoms. The number of ether oxygens (including phenoxy) is 1. The Bertz CT molecular complexity index is 462. The van der Waals surface area contributed by atoms with Gasteiger partial charge < -0.3 is 4.74 Å². The van der Waals surface area contributed by atoms with Gasteiger partial charge in [-0.1, -0.05) is 20.3 Å². The number of pyridine rings is 1. The van der Waals surface area contributed by atoms with E-state index in [1.165, 1.54) is 18.3 Å². The molecule has 0 saturated heterocycles. The van der Waals surface area contributed by atoms with Crippen molar-refractivity contribution in [3.8, 4) is 5.88 Å². The van der Waals surface area contributed by atoms with Gasteiger partial charge in [-0.15, -0.1) is 0 Å². The summed E-state index contributed by atoms with van der Waals surface area (Å²) in [5.74, 6) is 0.429. The quantitative estimate of drug-likeness (QED) is 0.750. The zero-order chi connectivity index (χ0) is 12.9. The van der Waals surface area contributed by atoms with Crippen LogP contribution in [0.4, 0.5) is 0 Å². The molecule has 0 aliphatic carbocycles. The smallest absolute Gasteiger partial charge is 0.266 e. The Hall–Kier alpha value is -0.810. The summed E-state index contributed by atoms with van der Waals surface area (Å²) in [5.41, 5.74) is 0. The molecule has 6 heteroatoms. The summed E-state index contributed by atoms with van der Waals surface area (Å²) in [6.07, 6.45) is 3.56. The lowest BCUT2D eigenvalue weighted by Crippen LogP contribution is -2.10. The first kappa shape index (κ1) is 14.3. The maximum Gasteiger partial charge on any atom is 0.266 e. The van der Waals surface area contributed by atoms with E-state index in [0.29, 0.717) is 12.5 Å². The van der Waals surface area contributed by atoms with Crippen molar-refractivity contribution < 1.29 is 13.2 Å². The van der Waals surface area contributed by atoms with E-state index in [1.807, 2.05) is 6.92 Å². The van der Waals surface area contributed by atoms with Crippen LogP contribution >= 0.6 is 10.7 Å². The van der Waals surface area contributed by atoms with E-state index in [0.717, 1.165) is 12.8 Å². The van der Waals surface area contributed by atoms with Gasteiger partial charge in [0.05, 0.1) is 6.61 Å². The molecule has 1 heterocycles. The van der Waals surface area contributed by atoms with E-state index < -0.39 is 9.05 Å². The molecule has 0 saturated carbocycles. The minimum Gasteiger partial charge on any atom is -0.476 e. The van der Waals surface area contributed by atoms with Crippen LogP contribution in [0.3, 0.4) is 0 Å². The van der Waals surface area contributed by atoms with Crippen LogP contribution in [0.2, 0.25) is 0 Å². The lowest BCUT2D eigenvalue weighted by molar-refractivity contribution is 0.237. The summed E-state index contributed by atoms with van der Waals surface area (Å²) >= 11 is 0. The fourth-order valence-electron chi connectivity index (χ4n) is 1.47. The van der Waals surface area contributed by atoms with E-state index in [9.17, 15) is 8.42 Å². The first-order valence-electron chi connectivity index (χ1n) is 5.47. The SMILES string of the molecule is CCCC(C)COc1ncccc1S(=O)(=O)Cl. The fraction of sp³-hybridized carbons (Fsp3) is 0.545. The van der Waals surface area contributed by atoms with E-state index in [1.54, 1.807) is 0 Å². The fourth-order valence-corrected chi connectivity index (χ4v) is 2.38. The second-order valence-corrected chi connectivity index (χ2v) is 6.48. The molecule has 0 aromatic carbocycles. The van der Waals surface area contributed by atoms with Crippen LogP contribution in [-0.4, -0.2) is 20.0 Å². The standard InChI is InChI=1S/C11H16ClNO3S/c1-3-5-9(2)8-16-11-10(17(12,14)15)6-4-7-13-11/h4,6-7,9H,3,5,8H2,1-2H3. The van der Waals surface area contributed by atoms with Crippen molar-refractivity contribution in [2.45, 2.75) is 31.6 Å². The molecule has 0 bridgehead atoms. The molecule has 0 N–H and O–H groups in total. The molecule has 0 aliphatic heterocycles. The maximum absolute atomic E-state index is 11.3. The van der Waals surface area contributed by atoms with Crippen molar-refractivity contribution in [2.75, 3.05) is 6.61 Å². The van der Waals surface area contributed by atoms with Crippen LogP contribution in [-0.2, 0) is 9.05 Å². The highest BCUT2D eigenvalue weighted by molar-refractivity contribution is 8.13. The Morgan fingerprint density at radius 2 is 2.24 bits per heavy atom. The Labute approximate surface area is 106 Å². The number of aromatic nitrogens is 1. The second kappa shape index (κ2) is 6.21. The zero-order valence-corrected chi connectivity index (χ0v) is 11.5. The third-order valence-electron chi connectivity index (χ3n) is 2.28. The Morgan fingerprint density at radius 1 is 1.53 bits per heavy atom. The van der Waals surface area contributed by atoms with Gasteiger partial charge in [0, 0.05) is 16.9 Å². The highest BCUT2D eigenvalue weighted by atomic mass is 35.7. The number of rotatable bonds is 6. The van der Waals surface area contributed by atoms with Crippen LogP contribution in [0.15, 0.2) is 23.2 Å². The maximum atomic E-state index is 11.3. The number of nitrogens with zero attached hydrogens (tertiary/aromatic N) is 1. The topological polar surface area (TPSA) is 56.3 Å². The zero-order valence-electron chi connectivity index (χ0n) is 9.89. The molecule has 17 heavy (non-hydrogen) atoms. The molecule has 96 valence electrons. The molecular weight excluding hydrogens is 262 g/mol. The molecule has 0 radical (unpaired) electrons. The molecule has 1 rings (SSSR count). The van der Waals surface area contributed by atoms with Crippen molar-refractivity contribution >= 4 is 19.7 Å². The van der Waals surface area contributed by atoms with Crippen molar-refractivity contribution in [1.82, 2.24) is 4.98 Å². The first-order valence-corrected chi connectivity index (χ1v) is 7.78. The summed E-state index contributed by atoms with van der Waals surface area (Å²) in [5, 5.41) is 0. The van der Waals surface area contributed by atoms with Gasteiger partial charge in [0.2, 0.25) is 5.88 Å². The average Bonchev–Trinajstić information content (AvgIpc) is 2.26. The number of hydrogen-bond donors (Lipinski definition) is 0. The van der Waals surface area contributed by atoms with Crippen LogP contribution in [0.1, 0.15) is 26.7 Å². The summed E-state index contributed by atoms with van der Waals surface area (Å²) < 4.78 is 27.9. The third kappa shape index (κ3) is 4.52. The normalized spacial score (nSPS) is 13.4. The van der Waals surface area contributed by atoms with E-state index in [4.69, 9.17) is 15.4 Å². The van der Waals surface area contributed by atoms with Crippen LogP contribution in [0, 0.1) is 5.92 Å². The minimum atomic E-state index is -3.81. The van der Waals surface area contributed by atoms with Gasteiger partial charge in [0.25, 0.3) is 9.05 Å². The molecule has 1 aromatic heterocycles. The van der Waals surface area contributed by atoms with Gasteiger partial charge in [0.15, 0.2) is 0 Å². The molecule has 4 nitrogen and oxygen atoms in total. The molecule has 1 aromatic rings. The Balaban J connectivity index is 2.78. The van der Waals surface area contributed by atoms with E-state index in [-0.39, 0.29) is 10.8 Å². The van der Waals surface area contributed by atoms with Crippen LogP contribution < -0.4 is 4.74 Å². The molecule has 1 unspecified atom stereocenters. The third-order valence-corrected chi connectivity index (χ3v) is 3.62. The predicted molar refractivity (Wildman–Crippen MR) is 66.8 cm³/mol.